The van der Waals surface area contributed by atoms with Crippen LogP contribution in [0, 0.1) is 0 Å². The van der Waals surface area contributed by atoms with E-state index in [1.807, 2.05) is 25.1 Å². The Hall–Kier alpha value is -2.71. The highest BCUT2D eigenvalue weighted by Crippen LogP contribution is 2.34. The summed E-state index contributed by atoms with van der Waals surface area (Å²) >= 11 is 24.0. The van der Waals surface area contributed by atoms with E-state index in [0.29, 0.717) is 28.7 Å². The average molecular weight is 528 g/mol. The van der Waals surface area contributed by atoms with E-state index in [9.17, 15) is 4.79 Å². The molecular formula is C22H18Cl4N4O3. The van der Waals surface area contributed by atoms with E-state index < -0.39 is 5.91 Å². The Bertz CT molecular complexity index is 1200. The van der Waals surface area contributed by atoms with Crippen LogP contribution in [0.3, 0.4) is 0 Å². The normalized spacial score (nSPS) is 10.9. The molecule has 0 aliphatic carbocycles. The number of nitrogens with one attached hydrogen (secondary N) is 1. The van der Waals surface area contributed by atoms with Gasteiger partial charge in [-0.1, -0.05) is 64.6 Å². The van der Waals surface area contributed by atoms with Crippen LogP contribution in [0.1, 0.15) is 28.5 Å². The molecular weight excluding hydrogens is 510 g/mol. The molecule has 0 radical (unpaired) electrons. The summed E-state index contributed by atoms with van der Waals surface area (Å²) in [7, 11) is 0. The third-order valence-electron chi connectivity index (χ3n) is 4.28. The van der Waals surface area contributed by atoms with Crippen LogP contribution in [-0.4, -0.2) is 23.7 Å². The number of carbonyl (C=O) groups excluding carboxylic acids is 1. The van der Waals surface area contributed by atoms with Crippen LogP contribution >= 0.6 is 46.4 Å². The van der Waals surface area contributed by atoms with Crippen molar-refractivity contribution < 1.29 is 14.3 Å². The number of aromatic nitrogens is 1. The van der Waals surface area contributed by atoms with E-state index in [1.165, 1.54) is 6.21 Å². The Kier molecular flexibility index (Phi) is 8.63. The second kappa shape index (κ2) is 11.4. The topological polar surface area (TPSA) is 98.8 Å². The van der Waals surface area contributed by atoms with Gasteiger partial charge < -0.3 is 15.2 Å². The Morgan fingerprint density at radius 2 is 1.85 bits per heavy atom. The lowest BCUT2D eigenvalue weighted by Crippen LogP contribution is -2.20. The van der Waals surface area contributed by atoms with Gasteiger partial charge in [-0.2, -0.15) is 5.10 Å². The molecule has 11 heteroatoms. The molecule has 1 heterocycles. The predicted octanol–water partition coefficient (Wildman–Crippen LogP) is 6.02. The van der Waals surface area contributed by atoms with Crippen molar-refractivity contribution in [3.05, 3.63) is 79.5 Å². The minimum absolute atomic E-state index is 0.0259. The number of rotatable bonds is 8. The van der Waals surface area contributed by atoms with E-state index in [-0.39, 0.29) is 33.2 Å². The molecule has 0 unspecified atom stereocenters. The first kappa shape index (κ1) is 24.9. The van der Waals surface area contributed by atoms with Gasteiger partial charge in [-0.05, 0) is 36.8 Å². The van der Waals surface area contributed by atoms with Crippen molar-refractivity contribution in [1.82, 2.24) is 10.4 Å². The number of amides is 1. The first-order chi connectivity index (χ1) is 15.8. The van der Waals surface area contributed by atoms with E-state index in [0.717, 1.165) is 5.56 Å². The molecule has 2 aromatic carbocycles. The first-order valence-electron chi connectivity index (χ1n) is 9.58. The summed E-state index contributed by atoms with van der Waals surface area (Å²) in [6.07, 6.45) is 1.42. The minimum Gasteiger partial charge on any atom is -0.490 e. The van der Waals surface area contributed by atoms with Crippen LogP contribution < -0.4 is 20.6 Å². The van der Waals surface area contributed by atoms with Crippen molar-refractivity contribution in [1.29, 1.82) is 0 Å². The maximum atomic E-state index is 12.4. The molecule has 0 aliphatic rings. The molecule has 0 aliphatic heterocycles. The molecule has 3 rings (SSSR count). The summed E-state index contributed by atoms with van der Waals surface area (Å²) in [6.45, 7) is 2.57. The highest BCUT2D eigenvalue weighted by molar-refractivity contribution is 6.46. The van der Waals surface area contributed by atoms with Gasteiger partial charge in [0, 0.05) is 10.6 Å². The van der Waals surface area contributed by atoms with Crippen LogP contribution in [0.4, 0.5) is 5.69 Å². The van der Waals surface area contributed by atoms with Crippen molar-refractivity contribution in [2.24, 2.45) is 5.10 Å². The van der Waals surface area contributed by atoms with E-state index >= 15 is 0 Å². The van der Waals surface area contributed by atoms with Crippen molar-refractivity contribution in [3.63, 3.8) is 0 Å². The van der Waals surface area contributed by atoms with Crippen LogP contribution in [-0.2, 0) is 6.61 Å². The van der Waals surface area contributed by atoms with Crippen LogP contribution in [0.25, 0.3) is 0 Å². The minimum atomic E-state index is -0.703. The Labute approximate surface area is 210 Å². The molecule has 1 amide bonds. The van der Waals surface area contributed by atoms with Crippen molar-refractivity contribution >= 4 is 64.2 Å². The highest BCUT2D eigenvalue weighted by atomic mass is 35.5. The van der Waals surface area contributed by atoms with Crippen LogP contribution in [0.5, 0.6) is 11.5 Å². The number of halogens is 4. The number of hydrazone groups is 1. The molecule has 33 heavy (non-hydrogen) atoms. The maximum absolute atomic E-state index is 12.4. The number of nitrogen functional groups attached to an aromatic ring is 1. The van der Waals surface area contributed by atoms with Crippen molar-refractivity contribution in [3.8, 4) is 11.5 Å². The van der Waals surface area contributed by atoms with Crippen LogP contribution in [0.15, 0.2) is 47.6 Å². The van der Waals surface area contributed by atoms with Gasteiger partial charge in [-0.15, -0.1) is 0 Å². The number of nitrogens with zero attached hydrogens (tertiary/aromatic N) is 2. The zero-order chi connectivity index (χ0) is 24.0. The summed E-state index contributed by atoms with van der Waals surface area (Å²) < 4.78 is 11.5. The van der Waals surface area contributed by atoms with E-state index in [4.69, 9.17) is 61.6 Å². The van der Waals surface area contributed by atoms with Gasteiger partial charge in [0.15, 0.2) is 22.3 Å². The fourth-order valence-electron chi connectivity index (χ4n) is 2.66. The highest BCUT2D eigenvalue weighted by Gasteiger charge is 2.19. The van der Waals surface area contributed by atoms with E-state index in [2.05, 4.69) is 15.5 Å². The Balaban J connectivity index is 1.71. The molecule has 0 spiro atoms. The van der Waals surface area contributed by atoms with Gasteiger partial charge in [0.1, 0.15) is 11.6 Å². The molecule has 0 saturated heterocycles. The lowest BCUT2D eigenvalue weighted by Gasteiger charge is -2.13. The zero-order valence-electron chi connectivity index (χ0n) is 17.2. The second-order valence-corrected chi connectivity index (χ2v) is 8.03. The third kappa shape index (κ3) is 6.21. The van der Waals surface area contributed by atoms with Crippen molar-refractivity contribution in [2.45, 2.75) is 13.5 Å². The van der Waals surface area contributed by atoms with Gasteiger partial charge >= 0.3 is 0 Å². The van der Waals surface area contributed by atoms with Gasteiger partial charge in [0.2, 0.25) is 0 Å². The summed E-state index contributed by atoms with van der Waals surface area (Å²) in [5.74, 6) is 0.355. The smallest absolute Gasteiger partial charge is 0.291 e. The number of benzene rings is 2. The standard InChI is InChI=1S/C22H18Cl4N4O3/c1-2-32-16-9-12(7-8-15(16)33-11-13-5-3-4-6-14(13)23)10-28-30-22(31)20-17(24)19(27)18(25)21(26)29-20/h3-10H,2,11H2,1H3,(H2,27,29)(H,30,31)/b28-10-. The lowest BCUT2D eigenvalue weighted by atomic mass is 10.2. The molecule has 172 valence electrons. The summed E-state index contributed by atoms with van der Waals surface area (Å²) in [4.78, 5) is 16.2. The molecule has 0 fully saturated rings. The van der Waals surface area contributed by atoms with Gasteiger partial charge in [0.25, 0.3) is 5.91 Å². The Morgan fingerprint density at radius 1 is 1.09 bits per heavy atom. The number of hydrogen-bond acceptors (Lipinski definition) is 6. The number of carbonyl (C=O) groups is 1. The first-order valence-corrected chi connectivity index (χ1v) is 11.1. The molecule has 7 nitrogen and oxygen atoms in total. The predicted molar refractivity (Wildman–Crippen MR) is 132 cm³/mol. The summed E-state index contributed by atoms with van der Waals surface area (Å²) in [6, 6.07) is 12.6. The van der Waals surface area contributed by atoms with Crippen molar-refractivity contribution in [2.75, 3.05) is 12.3 Å². The number of ether oxygens (including phenoxy) is 2. The molecule has 0 saturated carbocycles. The SMILES string of the molecule is CCOc1cc(/C=N\NC(=O)c2nc(Cl)c(Cl)c(N)c2Cl)ccc1OCc1ccccc1Cl. The number of anilines is 1. The van der Waals surface area contributed by atoms with Crippen LogP contribution in [0.2, 0.25) is 20.2 Å². The largest absolute Gasteiger partial charge is 0.490 e. The fraction of sp³-hybridized carbons (Fsp3) is 0.136. The second-order valence-electron chi connectivity index (χ2n) is 6.51. The maximum Gasteiger partial charge on any atom is 0.291 e. The lowest BCUT2D eigenvalue weighted by molar-refractivity contribution is 0.0950. The fourth-order valence-corrected chi connectivity index (χ4v) is 3.45. The molecule has 0 bridgehead atoms. The quantitative estimate of drug-likeness (QED) is 0.212. The number of nitrogens with two attached hydrogens (primary N) is 1. The number of hydrogen-bond donors (Lipinski definition) is 2. The summed E-state index contributed by atoms with van der Waals surface area (Å²) in [5, 5.41) is 4.26. The van der Waals surface area contributed by atoms with E-state index in [1.54, 1.807) is 24.3 Å². The van der Waals surface area contributed by atoms with Gasteiger partial charge in [-0.25, -0.2) is 10.4 Å². The Morgan fingerprint density at radius 3 is 2.58 bits per heavy atom. The van der Waals surface area contributed by atoms with Gasteiger partial charge in [-0.3, -0.25) is 4.79 Å². The monoisotopic (exact) mass is 526 g/mol. The van der Waals surface area contributed by atoms with Gasteiger partial charge in [0.05, 0.1) is 23.5 Å². The summed E-state index contributed by atoms with van der Waals surface area (Å²) in [5.41, 5.74) is 9.32. The molecule has 0 atom stereocenters. The molecule has 1 aromatic heterocycles. The average Bonchev–Trinajstić information content (AvgIpc) is 2.80. The third-order valence-corrected chi connectivity index (χ3v) is 5.78. The zero-order valence-corrected chi connectivity index (χ0v) is 20.3. The number of pyridine rings is 1. The molecule has 3 aromatic rings. The molecule has 3 N–H and O–H groups in total.